The first-order valence-corrected chi connectivity index (χ1v) is 31.7. The van der Waals surface area contributed by atoms with Gasteiger partial charge in [-0.05, 0) is 73.1 Å². The van der Waals surface area contributed by atoms with Crippen molar-refractivity contribution in [2.45, 2.75) is 182 Å². The summed E-state index contributed by atoms with van der Waals surface area (Å²) in [5.74, 6) is -5.82. The van der Waals surface area contributed by atoms with Gasteiger partial charge in [0.2, 0.25) is 29.5 Å². The topological polar surface area (TPSA) is 398 Å². The van der Waals surface area contributed by atoms with E-state index in [2.05, 4.69) is 31.9 Å². The largest absolute Gasteiger partial charge is 0.458 e. The highest BCUT2D eigenvalue weighted by molar-refractivity contribution is 5.93. The van der Waals surface area contributed by atoms with Gasteiger partial charge in [0.1, 0.15) is 96.8 Å². The van der Waals surface area contributed by atoms with Crippen LogP contribution in [0.2, 0.25) is 0 Å². The monoisotopic (exact) mass is 1330 g/mol. The molecule has 1 aliphatic carbocycles. The van der Waals surface area contributed by atoms with Crippen LogP contribution in [0.3, 0.4) is 0 Å². The Morgan fingerprint density at radius 2 is 1.09 bits per heavy atom. The number of aliphatic hydroxyl groups excluding tert-OH is 7. The molecule has 27 nitrogen and oxygen atoms in total. The van der Waals surface area contributed by atoms with Gasteiger partial charge in [0, 0.05) is 26.2 Å². The first-order chi connectivity index (χ1) is 45.8. The number of alkyl carbamates (subject to hydrolysis) is 1. The second-order valence-electron chi connectivity index (χ2n) is 25.2. The van der Waals surface area contributed by atoms with Crippen LogP contribution in [0.15, 0.2) is 140 Å². The molecule has 3 heterocycles. The van der Waals surface area contributed by atoms with Crippen LogP contribution in [-0.2, 0) is 67.5 Å². The molecule has 0 radical (unpaired) electrons. The zero-order chi connectivity index (χ0) is 69.2. The van der Waals surface area contributed by atoms with E-state index in [4.69, 9.17) is 33.2 Å². The van der Waals surface area contributed by atoms with E-state index in [1.807, 2.05) is 140 Å². The molecule has 3 fully saturated rings. The molecular weight excluding hydrogens is 1250 g/mol. The third kappa shape index (κ3) is 16.9. The van der Waals surface area contributed by atoms with Crippen molar-refractivity contribution in [3.63, 3.8) is 0 Å². The summed E-state index contributed by atoms with van der Waals surface area (Å²) in [4.78, 5) is 98.6. The molecule has 13 N–H and O–H groups in total. The van der Waals surface area contributed by atoms with E-state index in [-0.39, 0.29) is 6.61 Å². The van der Waals surface area contributed by atoms with Gasteiger partial charge in [0.15, 0.2) is 18.8 Å². The molecule has 0 saturated carbocycles. The molecule has 3 saturated heterocycles. The minimum atomic E-state index is -2.01. The Balaban J connectivity index is 0.999. The molecule has 0 bridgehead atoms. The fourth-order valence-corrected chi connectivity index (χ4v) is 12.5. The van der Waals surface area contributed by atoms with Crippen molar-refractivity contribution in [1.29, 1.82) is 0 Å². The number of amides is 6. The summed E-state index contributed by atoms with van der Waals surface area (Å²) in [7, 11) is 0. The average molecular weight is 1330 g/mol. The van der Waals surface area contributed by atoms with Crippen molar-refractivity contribution in [3.8, 4) is 11.1 Å². The van der Waals surface area contributed by atoms with Gasteiger partial charge in [0.25, 0.3) is 0 Å². The van der Waals surface area contributed by atoms with E-state index in [0.717, 1.165) is 36.1 Å². The molecule has 516 valence electrons. The van der Waals surface area contributed by atoms with Crippen molar-refractivity contribution in [3.05, 3.63) is 167 Å². The van der Waals surface area contributed by atoms with Gasteiger partial charge in [-0.2, -0.15) is 0 Å². The Morgan fingerprint density at radius 3 is 1.64 bits per heavy atom. The van der Waals surface area contributed by atoms with E-state index >= 15 is 4.79 Å². The standard InChI is InChI=1S/C69H84N6O21/c1-36-55(81)59(85)60(86)66(92-36)90-35-50-61(95-65-54(71-38(3)78)57(83)56(82)49(33-76)94-65)58(84)53(70-37(2)77)63(93-50)74-52(80)32-48(64(88)96-68(4,5)6)72-62(87)47(73-67(89)91-34-46-44-28-18-16-26-42(44)43-27-17-19-29-45(43)46)30-31-51(79)75-69(39-20-10-7-11-21-39,40-22-12-8-13-23-40)41-24-14-9-15-25-41/h7-29,36,46-50,53-61,63,65-66,76,81-86H,30-35H2,1-6H3,(H,70,77)(H,71,78)(H,72,87)(H,73,89)(H,74,80)(H,75,79)/t36-,47-,48-,49+,50+,53+,54+,55+,56+,57+,58+,59+,60-,61+,63+,65-,66+/m0/s1. The van der Waals surface area contributed by atoms with E-state index in [0.29, 0.717) is 16.7 Å². The summed E-state index contributed by atoms with van der Waals surface area (Å²) in [6.45, 7) is 6.32. The Hall–Kier alpha value is -8.29. The second kappa shape index (κ2) is 31.7. The third-order valence-corrected chi connectivity index (χ3v) is 17.1. The van der Waals surface area contributed by atoms with Crippen molar-refractivity contribution in [2.24, 2.45) is 0 Å². The quantitative estimate of drug-likeness (QED) is 0.0301. The molecule has 0 aromatic heterocycles. The van der Waals surface area contributed by atoms with E-state index in [1.54, 1.807) is 0 Å². The molecule has 4 aliphatic rings. The number of hydrogen-bond acceptors (Lipinski definition) is 21. The van der Waals surface area contributed by atoms with Crippen LogP contribution < -0.4 is 31.9 Å². The first kappa shape index (κ1) is 72.0. The molecule has 0 spiro atoms. The number of carbonyl (C=O) groups is 7. The molecule has 0 unspecified atom stereocenters. The van der Waals surface area contributed by atoms with Crippen LogP contribution >= 0.6 is 0 Å². The number of aliphatic hydroxyl groups is 7. The highest BCUT2D eigenvalue weighted by atomic mass is 16.7. The van der Waals surface area contributed by atoms with E-state index in [9.17, 15) is 64.5 Å². The Bertz CT molecular complexity index is 3350. The zero-order valence-electron chi connectivity index (χ0n) is 53.8. The SMILES string of the molecule is CC(=O)N[C@@H]1[C@@H](O)[C@H](O[C@@H]2O[C@H](CO)[C@@H](O)[C@H](O)[C@H]2NC(C)=O)[C@@H](CO[C@@H]2O[C@@H](C)[C@@H](O)[C@@H](O)[C@@H]2O)O[C@H]1NC(=O)C[C@H](NC(=O)[C@H](CCC(=O)NC(c1ccccc1)(c1ccccc1)c1ccccc1)NC(=O)OCC1c2ccccc2-c2ccccc21)C(=O)OC(C)(C)C. The normalized spacial score (nSPS) is 27.1. The number of rotatable bonds is 24. The number of benzene rings is 5. The summed E-state index contributed by atoms with van der Waals surface area (Å²) < 4.78 is 41.5. The van der Waals surface area contributed by atoms with Crippen LogP contribution in [0.4, 0.5) is 4.79 Å². The Labute approximate surface area is 554 Å². The number of hydrogen-bond donors (Lipinski definition) is 13. The van der Waals surface area contributed by atoms with Gasteiger partial charge >= 0.3 is 12.1 Å². The maximum Gasteiger partial charge on any atom is 0.407 e. The molecule has 96 heavy (non-hydrogen) atoms. The maximum atomic E-state index is 15.1. The fourth-order valence-electron chi connectivity index (χ4n) is 12.5. The summed E-state index contributed by atoms with van der Waals surface area (Å²) >= 11 is 0. The lowest BCUT2D eigenvalue weighted by Crippen LogP contribution is -2.71. The lowest BCUT2D eigenvalue weighted by molar-refractivity contribution is -0.329. The number of nitrogens with one attached hydrogen (secondary N) is 6. The molecule has 3 aliphatic heterocycles. The highest BCUT2D eigenvalue weighted by Gasteiger charge is 2.53. The van der Waals surface area contributed by atoms with Gasteiger partial charge < -0.3 is 101 Å². The molecule has 9 rings (SSSR count). The van der Waals surface area contributed by atoms with Gasteiger partial charge in [-0.15, -0.1) is 0 Å². The van der Waals surface area contributed by atoms with Gasteiger partial charge in [-0.25, -0.2) is 9.59 Å². The zero-order valence-corrected chi connectivity index (χ0v) is 53.8. The van der Waals surface area contributed by atoms with Crippen molar-refractivity contribution in [1.82, 2.24) is 31.9 Å². The van der Waals surface area contributed by atoms with Crippen LogP contribution in [0.1, 0.15) is 94.5 Å². The molecule has 27 heteroatoms. The number of fused-ring (bicyclic) bond motifs is 3. The summed E-state index contributed by atoms with van der Waals surface area (Å²) in [5.41, 5.74) is 3.29. The minimum absolute atomic E-state index is 0.174. The summed E-state index contributed by atoms with van der Waals surface area (Å²) in [5, 5.41) is 92.2. The number of carbonyl (C=O) groups excluding carboxylic acids is 7. The minimum Gasteiger partial charge on any atom is -0.458 e. The molecule has 5 aromatic carbocycles. The van der Waals surface area contributed by atoms with Crippen molar-refractivity contribution < 1.29 is 102 Å². The first-order valence-electron chi connectivity index (χ1n) is 31.7. The molecule has 5 aromatic rings. The number of esters is 1. The smallest absolute Gasteiger partial charge is 0.407 e. The van der Waals surface area contributed by atoms with Gasteiger partial charge in [0.05, 0.1) is 25.7 Å². The van der Waals surface area contributed by atoms with Crippen LogP contribution in [0.25, 0.3) is 11.1 Å². The second-order valence-corrected chi connectivity index (χ2v) is 25.2. The van der Waals surface area contributed by atoms with E-state index < -0.39 is 195 Å². The van der Waals surface area contributed by atoms with Crippen LogP contribution in [-0.4, -0.2) is 207 Å². The van der Waals surface area contributed by atoms with Gasteiger partial charge in [-0.1, -0.05) is 140 Å². The predicted octanol–water partition coefficient (Wildman–Crippen LogP) is 0.879. The van der Waals surface area contributed by atoms with Crippen molar-refractivity contribution in [2.75, 3.05) is 19.8 Å². The lowest BCUT2D eigenvalue weighted by atomic mass is 9.77. The van der Waals surface area contributed by atoms with Crippen LogP contribution in [0, 0.1) is 0 Å². The van der Waals surface area contributed by atoms with Crippen molar-refractivity contribution >= 4 is 41.6 Å². The van der Waals surface area contributed by atoms with Gasteiger partial charge in [-0.3, -0.25) is 24.0 Å². The molecule has 6 amide bonds. The summed E-state index contributed by atoms with van der Waals surface area (Å²) in [6.07, 6.45) is -25.1. The Morgan fingerprint density at radius 1 is 0.552 bits per heavy atom. The third-order valence-electron chi connectivity index (χ3n) is 17.1. The average Bonchev–Trinajstić information content (AvgIpc) is 1.06. The highest BCUT2D eigenvalue weighted by Crippen LogP contribution is 2.45. The molecular formula is C69H84N6O21. The van der Waals surface area contributed by atoms with Crippen LogP contribution in [0.5, 0.6) is 0 Å². The fraction of sp³-hybridized carbons (Fsp3) is 0.464. The maximum absolute atomic E-state index is 15.1. The lowest BCUT2D eigenvalue weighted by Gasteiger charge is -2.49. The molecule has 17 atom stereocenters. The van der Waals surface area contributed by atoms with E-state index in [1.165, 1.54) is 27.7 Å². The number of ether oxygens (including phenoxy) is 7. The predicted molar refractivity (Wildman–Crippen MR) is 340 cm³/mol. The Kier molecular flexibility index (Phi) is 23.8. The summed E-state index contributed by atoms with van der Waals surface area (Å²) in [6, 6.07) is 36.3.